The SMILES string of the molecule is NCC(=O)N[C@@H](CCCN=C(N)N)C(=O)NCC(=O)N[C@@H](CC(=O)O)C(=O)N[C@@H](CO)C(=O)N1CCC[C@H]1C(=O)N[C@@H](Cc1cnc[nH]1)C(=O)O. The molecule has 5 atom stereocenters. The van der Waals surface area contributed by atoms with Crippen LogP contribution in [0.3, 0.4) is 0 Å². The van der Waals surface area contributed by atoms with Crippen molar-refractivity contribution in [2.24, 2.45) is 22.2 Å². The quantitative estimate of drug-likeness (QED) is 0.0319. The van der Waals surface area contributed by atoms with E-state index < -0.39 is 104 Å². The maximum atomic E-state index is 13.4. The molecule has 1 saturated heterocycles. The summed E-state index contributed by atoms with van der Waals surface area (Å²) in [6.45, 7) is -1.99. The molecule has 2 heterocycles. The van der Waals surface area contributed by atoms with E-state index in [0.29, 0.717) is 12.1 Å². The van der Waals surface area contributed by atoms with Crippen LogP contribution in [0.25, 0.3) is 0 Å². The van der Waals surface area contributed by atoms with Crippen molar-refractivity contribution >= 4 is 53.3 Å². The zero-order valence-electron chi connectivity index (χ0n) is 27.5. The summed E-state index contributed by atoms with van der Waals surface area (Å²) in [5.74, 6) is -8.39. The highest BCUT2D eigenvalue weighted by Crippen LogP contribution is 2.19. The number of aromatic amines is 1. The number of carboxylic acid groups (broad SMARTS) is 2. The summed E-state index contributed by atoms with van der Waals surface area (Å²) < 4.78 is 0. The molecule has 0 aromatic carbocycles. The van der Waals surface area contributed by atoms with Crippen molar-refractivity contribution in [2.75, 3.05) is 32.8 Å². The molecular weight excluding hydrogens is 680 g/mol. The summed E-state index contributed by atoms with van der Waals surface area (Å²) >= 11 is 0. The van der Waals surface area contributed by atoms with E-state index >= 15 is 0 Å². The number of H-pyrrole nitrogens is 1. The predicted molar refractivity (Wildman–Crippen MR) is 174 cm³/mol. The van der Waals surface area contributed by atoms with Gasteiger partial charge in [-0.2, -0.15) is 0 Å². The van der Waals surface area contributed by atoms with E-state index in [1.165, 1.54) is 12.5 Å². The molecule has 6 amide bonds. The van der Waals surface area contributed by atoms with Gasteiger partial charge in [0.25, 0.3) is 0 Å². The number of carbonyl (C=O) groups is 8. The van der Waals surface area contributed by atoms with E-state index in [2.05, 4.69) is 41.5 Å². The van der Waals surface area contributed by atoms with Crippen LogP contribution in [-0.2, 0) is 44.8 Å². The fourth-order valence-corrected chi connectivity index (χ4v) is 4.99. The molecular formula is C28H44N12O11. The number of nitrogens with two attached hydrogens (primary N) is 3. The highest BCUT2D eigenvalue weighted by Gasteiger charge is 2.39. The lowest BCUT2D eigenvalue weighted by Crippen LogP contribution is -2.59. The summed E-state index contributed by atoms with van der Waals surface area (Å²) in [5.41, 5.74) is 16.3. The van der Waals surface area contributed by atoms with E-state index in [1.807, 2.05) is 0 Å². The number of aliphatic hydroxyl groups excluding tert-OH is 1. The second-order valence-corrected chi connectivity index (χ2v) is 11.3. The van der Waals surface area contributed by atoms with Gasteiger partial charge in [0, 0.05) is 31.4 Å². The lowest BCUT2D eigenvalue weighted by molar-refractivity contribution is -0.145. The Labute approximate surface area is 290 Å². The number of hydrogen-bond acceptors (Lipinski definition) is 12. The Hall–Kier alpha value is -5.84. The summed E-state index contributed by atoms with van der Waals surface area (Å²) in [5, 5.41) is 40.3. The molecule has 2 rings (SSSR count). The standard InChI is InChI=1S/C28H44N12O11/c29-9-20(42)36-15(3-1-5-33-28(30)31)23(46)34-11-21(43)37-16(8-22(44)45)24(47)39-18(12-41)26(49)40-6-2-4-19(40)25(48)38-17(27(50)51)7-14-10-32-13-35-14/h10,13,15-19,41H,1-9,11-12,29H2,(H,32,35)(H,34,46)(H,36,42)(H,37,43)(H,38,48)(H,39,47)(H,44,45)(H,50,51)(H4,30,31,33)/t15-,16-,17-,18-,19-/m0/s1. The number of imidazole rings is 1. The molecule has 282 valence electrons. The largest absolute Gasteiger partial charge is 0.481 e. The number of likely N-dealkylation sites (tertiary alicyclic amines) is 1. The monoisotopic (exact) mass is 724 g/mol. The van der Waals surface area contributed by atoms with Crippen LogP contribution < -0.4 is 43.8 Å². The molecule has 1 aromatic heterocycles. The second kappa shape index (κ2) is 20.6. The predicted octanol–water partition coefficient (Wildman–Crippen LogP) is -6.44. The van der Waals surface area contributed by atoms with Crippen LogP contribution in [0.15, 0.2) is 17.5 Å². The van der Waals surface area contributed by atoms with Gasteiger partial charge in [-0.15, -0.1) is 0 Å². The molecule has 1 aliphatic heterocycles. The van der Waals surface area contributed by atoms with E-state index in [0.717, 1.165) is 4.90 Å². The molecule has 0 aliphatic carbocycles. The Balaban J connectivity index is 2.04. The summed E-state index contributed by atoms with van der Waals surface area (Å²) in [4.78, 5) is 111. The lowest BCUT2D eigenvalue weighted by Gasteiger charge is -2.29. The number of guanidine groups is 1. The summed E-state index contributed by atoms with van der Waals surface area (Å²) in [6.07, 6.45) is 2.45. The average molecular weight is 725 g/mol. The number of rotatable bonds is 21. The summed E-state index contributed by atoms with van der Waals surface area (Å²) in [6, 6.07) is -7.10. The molecule has 1 aromatic rings. The van der Waals surface area contributed by atoms with Crippen LogP contribution in [0.2, 0.25) is 0 Å². The Morgan fingerprint density at radius 1 is 0.961 bits per heavy atom. The number of nitrogens with zero attached hydrogens (tertiary/aromatic N) is 3. The van der Waals surface area contributed by atoms with Crippen molar-refractivity contribution in [1.82, 2.24) is 41.5 Å². The van der Waals surface area contributed by atoms with E-state index in [1.54, 1.807) is 0 Å². The highest BCUT2D eigenvalue weighted by atomic mass is 16.4. The third-order valence-electron chi connectivity index (χ3n) is 7.47. The topological polar surface area (TPSA) is 380 Å². The van der Waals surface area contributed by atoms with Gasteiger partial charge in [-0.3, -0.25) is 38.6 Å². The van der Waals surface area contributed by atoms with Crippen LogP contribution in [0.5, 0.6) is 0 Å². The fourth-order valence-electron chi connectivity index (χ4n) is 4.99. The molecule has 0 spiro atoms. The Morgan fingerprint density at radius 3 is 2.25 bits per heavy atom. The maximum absolute atomic E-state index is 13.4. The maximum Gasteiger partial charge on any atom is 0.326 e. The number of carbonyl (C=O) groups excluding carboxylic acids is 6. The van der Waals surface area contributed by atoms with Crippen LogP contribution in [0.4, 0.5) is 0 Å². The van der Waals surface area contributed by atoms with E-state index in [4.69, 9.17) is 17.2 Å². The number of hydrogen-bond donors (Lipinski definition) is 12. The third-order valence-corrected chi connectivity index (χ3v) is 7.47. The Bertz CT molecular complexity index is 1430. The number of aromatic nitrogens is 2. The molecule has 51 heavy (non-hydrogen) atoms. The van der Waals surface area contributed by atoms with Crippen molar-refractivity contribution < 1.29 is 53.7 Å². The number of aliphatic hydroxyl groups is 1. The summed E-state index contributed by atoms with van der Waals surface area (Å²) in [7, 11) is 0. The third kappa shape index (κ3) is 13.9. The van der Waals surface area contributed by atoms with Crippen molar-refractivity contribution in [2.45, 2.75) is 68.7 Å². The first-order valence-electron chi connectivity index (χ1n) is 15.7. The molecule has 0 unspecified atom stereocenters. The molecule has 0 radical (unpaired) electrons. The number of aliphatic carboxylic acids is 2. The van der Waals surface area contributed by atoms with Crippen molar-refractivity contribution in [3.63, 3.8) is 0 Å². The number of amides is 6. The normalized spacial score (nSPS) is 16.0. The zero-order valence-corrected chi connectivity index (χ0v) is 27.5. The smallest absolute Gasteiger partial charge is 0.326 e. The number of aliphatic imine (C=N–C) groups is 1. The first-order valence-corrected chi connectivity index (χ1v) is 15.7. The molecule has 0 saturated carbocycles. The van der Waals surface area contributed by atoms with E-state index in [9.17, 15) is 53.7 Å². The zero-order chi connectivity index (χ0) is 38.1. The first-order chi connectivity index (χ1) is 24.2. The minimum absolute atomic E-state index is 0.0254. The van der Waals surface area contributed by atoms with Crippen LogP contribution in [0.1, 0.15) is 37.8 Å². The van der Waals surface area contributed by atoms with Gasteiger partial charge in [0.1, 0.15) is 30.2 Å². The van der Waals surface area contributed by atoms with Gasteiger partial charge in [0.15, 0.2) is 5.96 Å². The Kier molecular flexibility index (Phi) is 16.7. The van der Waals surface area contributed by atoms with Gasteiger partial charge < -0.3 is 69.0 Å². The minimum atomic E-state index is -1.78. The average Bonchev–Trinajstić information content (AvgIpc) is 3.79. The van der Waals surface area contributed by atoms with Gasteiger partial charge >= 0.3 is 11.9 Å². The molecule has 15 N–H and O–H groups in total. The van der Waals surface area contributed by atoms with Crippen molar-refractivity contribution in [3.05, 3.63) is 18.2 Å². The lowest BCUT2D eigenvalue weighted by atomic mass is 10.1. The minimum Gasteiger partial charge on any atom is -0.481 e. The van der Waals surface area contributed by atoms with Gasteiger partial charge in [0.2, 0.25) is 35.4 Å². The van der Waals surface area contributed by atoms with Crippen LogP contribution in [0, 0.1) is 0 Å². The Morgan fingerprint density at radius 2 is 1.67 bits per heavy atom. The van der Waals surface area contributed by atoms with Crippen molar-refractivity contribution in [1.29, 1.82) is 0 Å². The first kappa shape index (κ1) is 41.3. The fraction of sp³-hybridized carbons (Fsp3) is 0.571. The molecule has 1 aliphatic rings. The van der Waals surface area contributed by atoms with Gasteiger partial charge in [-0.05, 0) is 25.7 Å². The van der Waals surface area contributed by atoms with Crippen molar-refractivity contribution in [3.8, 4) is 0 Å². The number of nitrogens with one attached hydrogen (secondary N) is 6. The molecule has 1 fully saturated rings. The second-order valence-electron chi connectivity index (χ2n) is 11.3. The van der Waals surface area contributed by atoms with E-state index in [-0.39, 0.29) is 44.7 Å². The molecule has 23 nitrogen and oxygen atoms in total. The van der Waals surface area contributed by atoms with Gasteiger partial charge in [-0.1, -0.05) is 0 Å². The van der Waals surface area contributed by atoms with Crippen LogP contribution in [-0.4, -0.2) is 147 Å². The van der Waals surface area contributed by atoms with Gasteiger partial charge in [0.05, 0.1) is 32.4 Å². The number of carboxylic acids is 2. The van der Waals surface area contributed by atoms with Crippen LogP contribution >= 0.6 is 0 Å². The molecule has 0 bridgehead atoms. The molecule has 23 heteroatoms. The highest BCUT2D eigenvalue weighted by molar-refractivity contribution is 5.97. The van der Waals surface area contributed by atoms with Gasteiger partial charge in [-0.25, -0.2) is 9.78 Å².